The summed E-state index contributed by atoms with van der Waals surface area (Å²) < 4.78 is 33.8. The number of nitrogens with one attached hydrogen (secondary N) is 3. The van der Waals surface area contributed by atoms with Crippen molar-refractivity contribution in [1.82, 2.24) is 14.5 Å². The molecular weight excluding hydrogens is 599 g/mol. The van der Waals surface area contributed by atoms with Gasteiger partial charge in [-0.1, -0.05) is 24.3 Å². The van der Waals surface area contributed by atoms with Crippen molar-refractivity contribution in [2.24, 2.45) is 5.73 Å². The zero-order valence-electron chi connectivity index (χ0n) is 24.0. The third-order valence-corrected chi connectivity index (χ3v) is 7.25. The molecule has 0 saturated heterocycles. The number of carbonyl (C=O) groups excluding carboxylic acids is 1. The second-order valence-electron chi connectivity index (χ2n) is 10.4. The van der Waals surface area contributed by atoms with Crippen LogP contribution in [0.1, 0.15) is 22.6 Å². The molecule has 10 nitrogen and oxygen atoms in total. The van der Waals surface area contributed by atoms with Crippen molar-refractivity contribution in [3.05, 3.63) is 120 Å². The molecule has 0 aliphatic carbocycles. The highest BCUT2D eigenvalue weighted by Gasteiger charge is 2.38. The third kappa shape index (κ3) is 6.99. The lowest BCUT2D eigenvalue weighted by Crippen LogP contribution is -2.23. The number of carbonyl (C=O) groups is 2. The Labute approximate surface area is 260 Å². The maximum absolute atomic E-state index is 13.8. The van der Waals surface area contributed by atoms with E-state index in [2.05, 4.69) is 15.3 Å². The Balaban J connectivity index is 0.000000537. The van der Waals surface area contributed by atoms with Gasteiger partial charge in [-0.25, -0.2) is 9.78 Å². The van der Waals surface area contributed by atoms with Crippen molar-refractivity contribution in [1.29, 1.82) is 5.41 Å². The average Bonchev–Trinajstić information content (AvgIpc) is 3.65. The number of nitrogen functional groups attached to an aromatic ring is 2. The van der Waals surface area contributed by atoms with Gasteiger partial charge in [0.05, 0.1) is 17.0 Å². The Morgan fingerprint density at radius 2 is 1.67 bits per heavy atom. The molecule has 0 saturated carbocycles. The summed E-state index contributed by atoms with van der Waals surface area (Å²) >= 11 is 0. The van der Waals surface area contributed by atoms with Gasteiger partial charge in [-0.3, -0.25) is 14.8 Å². The lowest BCUT2D eigenvalue weighted by Gasteiger charge is -2.18. The molecule has 1 atom stereocenters. The zero-order valence-corrected chi connectivity index (χ0v) is 24.0. The third-order valence-electron chi connectivity index (χ3n) is 7.25. The maximum Gasteiger partial charge on any atom is 0.490 e. The van der Waals surface area contributed by atoms with Crippen LogP contribution in [0.3, 0.4) is 0 Å². The number of aromatic amines is 1. The van der Waals surface area contributed by atoms with Gasteiger partial charge >= 0.3 is 12.1 Å². The number of fused-ring (bicyclic) bond motifs is 2. The highest BCUT2D eigenvalue weighted by molar-refractivity contribution is 6.02. The number of aliphatic carboxylic acids is 1. The van der Waals surface area contributed by atoms with Gasteiger partial charge in [0, 0.05) is 39.7 Å². The molecular formula is C33H28F3N7O3. The average molecular weight is 628 g/mol. The lowest BCUT2D eigenvalue weighted by molar-refractivity contribution is -0.192. The van der Waals surface area contributed by atoms with Crippen LogP contribution in [0.15, 0.2) is 104 Å². The number of rotatable bonds is 7. The van der Waals surface area contributed by atoms with Gasteiger partial charge in [0.2, 0.25) is 5.91 Å². The van der Waals surface area contributed by atoms with Crippen LogP contribution in [-0.2, 0) is 16.0 Å². The van der Waals surface area contributed by atoms with Crippen LogP contribution in [0, 0.1) is 5.41 Å². The molecule has 0 bridgehead atoms. The Kier molecular flexibility index (Phi) is 8.76. The number of amides is 1. The Hall–Kier alpha value is -6.11. The number of hydrogen-bond acceptors (Lipinski definition) is 5. The summed E-state index contributed by atoms with van der Waals surface area (Å²) in [5.41, 5.74) is 19.2. The molecule has 0 aliphatic rings. The van der Waals surface area contributed by atoms with E-state index < -0.39 is 18.1 Å². The van der Waals surface area contributed by atoms with Crippen LogP contribution in [0.25, 0.3) is 27.6 Å². The number of H-pyrrole nitrogens is 1. The molecule has 234 valence electrons. The Morgan fingerprint density at radius 3 is 2.33 bits per heavy atom. The molecule has 8 N–H and O–H groups in total. The quantitative estimate of drug-likeness (QED) is 0.0722. The number of alkyl halides is 3. The van der Waals surface area contributed by atoms with Gasteiger partial charge in [0.15, 0.2) is 0 Å². The largest absolute Gasteiger partial charge is 0.490 e. The topological polar surface area (TPSA) is 176 Å². The van der Waals surface area contributed by atoms with E-state index in [0.717, 1.165) is 38.8 Å². The standard InChI is InChI=1S/C31H27N7O.C2HF3O2/c32-21-8-5-19(6-9-21)15-25(26-17-35-27-14-7-20(30(33)34)16-24(26)27)31(39)37-22-10-12-23(13-11-22)38-18-36-28-3-1-2-4-29(28)38;3-2(4,5)1(6)7/h1-14,16-18,25,35H,15,32H2,(H3,33,34)(H,37,39);(H,6,7). The molecule has 0 radical (unpaired) electrons. The number of amidine groups is 1. The van der Waals surface area contributed by atoms with Crippen molar-refractivity contribution in [2.45, 2.75) is 18.5 Å². The van der Waals surface area contributed by atoms with Crippen LogP contribution in [-0.4, -0.2) is 43.5 Å². The van der Waals surface area contributed by atoms with E-state index in [-0.39, 0.29) is 11.7 Å². The van der Waals surface area contributed by atoms with Crippen LogP contribution in [0.2, 0.25) is 0 Å². The molecule has 2 aromatic heterocycles. The Morgan fingerprint density at radius 1 is 1.00 bits per heavy atom. The minimum atomic E-state index is -5.08. The molecule has 1 unspecified atom stereocenters. The van der Waals surface area contributed by atoms with Gasteiger partial charge in [-0.05, 0) is 84.3 Å². The molecule has 2 heterocycles. The van der Waals surface area contributed by atoms with Gasteiger partial charge in [0.25, 0.3) is 0 Å². The van der Waals surface area contributed by atoms with Crippen molar-refractivity contribution in [2.75, 3.05) is 11.1 Å². The first-order valence-electron chi connectivity index (χ1n) is 13.8. The number of nitrogens with zero attached hydrogens (tertiary/aromatic N) is 2. The molecule has 0 spiro atoms. The second kappa shape index (κ2) is 12.9. The zero-order chi connectivity index (χ0) is 33.0. The van der Waals surface area contributed by atoms with Crippen LogP contribution in [0.5, 0.6) is 0 Å². The first kappa shape index (κ1) is 31.3. The predicted molar refractivity (Wildman–Crippen MR) is 170 cm³/mol. The van der Waals surface area contributed by atoms with Crippen molar-refractivity contribution in [3.63, 3.8) is 0 Å². The van der Waals surface area contributed by atoms with Gasteiger partial charge in [-0.2, -0.15) is 13.2 Å². The fraction of sp³-hybridized carbons (Fsp3) is 0.0909. The van der Waals surface area contributed by atoms with E-state index in [1.165, 1.54) is 0 Å². The molecule has 1 amide bonds. The normalized spacial score (nSPS) is 11.9. The number of para-hydroxylation sites is 2. The summed E-state index contributed by atoms with van der Waals surface area (Å²) in [5.74, 6) is -3.41. The fourth-order valence-electron chi connectivity index (χ4n) is 4.93. The highest BCUT2D eigenvalue weighted by Crippen LogP contribution is 2.31. The van der Waals surface area contributed by atoms with Gasteiger partial charge < -0.3 is 26.9 Å². The van der Waals surface area contributed by atoms with Crippen LogP contribution in [0.4, 0.5) is 24.5 Å². The predicted octanol–water partition coefficient (Wildman–Crippen LogP) is 5.97. The molecule has 6 aromatic rings. The van der Waals surface area contributed by atoms with Crippen molar-refractivity contribution >= 4 is 51.0 Å². The maximum atomic E-state index is 13.8. The van der Waals surface area contributed by atoms with E-state index in [0.29, 0.717) is 23.4 Å². The minimum Gasteiger partial charge on any atom is -0.475 e. The summed E-state index contributed by atoms with van der Waals surface area (Å²) in [4.78, 5) is 30.4. The number of carboxylic acids is 1. The summed E-state index contributed by atoms with van der Waals surface area (Å²) in [6, 6.07) is 28.8. The molecule has 46 heavy (non-hydrogen) atoms. The Bertz CT molecular complexity index is 2030. The molecule has 0 fully saturated rings. The minimum absolute atomic E-state index is 0.0191. The number of anilines is 2. The van der Waals surface area contributed by atoms with E-state index in [1.807, 2.05) is 95.7 Å². The van der Waals surface area contributed by atoms with E-state index in [9.17, 15) is 18.0 Å². The summed E-state index contributed by atoms with van der Waals surface area (Å²) in [5, 5.41) is 18.9. The van der Waals surface area contributed by atoms with Crippen molar-refractivity contribution < 1.29 is 27.9 Å². The molecule has 0 aliphatic heterocycles. The van der Waals surface area contributed by atoms with E-state index >= 15 is 0 Å². The van der Waals surface area contributed by atoms with E-state index in [4.69, 9.17) is 26.8 Å². The van der Waals surface area contributed by atoms with Crippen LogP contribution < -0.4 is 16.8 Å². The number of imidazole rings is 1. The molecule has 4 aromatic carbocycles. The number of aromatic nitrogens is 3. The molecule has 6 rings (SSSR count). The number of benzene rings is 4. The van der Waals surface area contributed by atoms with Gasteiger partial charge in [-0.15, -0.1) is 0 Å². The van der Waals surface area contributed by atoms with E-state index in [1.54, 1.807) is 12.4 Å². The summed E-state index contributed by atoms with van der Waals surface area (Å²) in [6.45, 7) is 0. The number of hydrogen-bond donors (Lipinski definition) is 6. The fourth-order valence-corrected chi connectivity index (χ4v) is 4.93. The van der Waals surface area contributed by atoms with Crippen molar-refractivity contribution in [3.8, 4) is 5.69 Å². The smallest absolute Gasteiger partial charge is 0.475 e. The highest BCUT2D eigenvalue weighted by atomic mass is 19.4. The summed E-state index contributed by atoms with van der Waals surface area (Å²) in [6.07, 6.45) is -0.945. The first-order chi connectivity index (χ1) is 21.9. The monoisotopic (exact) mass is 627 g/mol. The molecule has 13 heteroatoms. The number of nitrogens with two attached hydrogens (primary N) is 2. The number of halogens is 3. The number of carboxylic acid groups (broad SMARTS) is 1. The lowest BCUT2D eigenvalue weighted by atomic mass is 9.90. The van der Waals surface area contributed by atoms with Crippen LogP contribution >= 0.6 is 0 Å². The SMILES string of the molecule is N=C(N)c1ccc2[nH]cc(C(Cc3ccc(N)cc3)C(=O)Nc3ccc(-n4cnc5ccccc54)cc3)c2c1.O=C(O)C(F)(F)F. The first-order valence-corrected chi connectivity index (χ1v) is 13.8. The second-order valence-corrected chi connectivity index (χ2v) is 10.4. The summed E-state index contributed by atoms with van der Waals surface area (Å²) in [7, 11) is 0. The van der Waals surface area contributed by atoms with Gasteiger partial charge in [0.1, 0.15) is 12.2 Å².